The van der Waals surface area contributed by atoms with E-state index in [-0.39, 0.29) is 18.6 Å². The number of aryl methyl sites for hydroxylation is 2. The minimum Gasteiger partial charge on any atom is -0.480 e. The molecule has 0 amide bonds. The number of alkyl halides is 1. The number of aliphatic carboxylic acids is 1. The van der Waals surface area contributed by atoms with Crippen LogP contribution in [0.1, 0.15) is 63.4 Å². The highest BCUT2D eigenvalue weighted by Crippen LogP contribution is 2.22. The van der Waals surface area contributed by atoms with Crippen LogP contribution in [0.5, 0.6) is 0 Å². The number of methoxy groups -OCH3 is 1. The van der Waals surface area contributed by atoms with E-state index in [0.717, 1.165) is 55.9 Å². The van der Waals surface area contributed by atoms with Crippen LogP contribution >= 0.6 is 0 Å². The summed E-state index contributed by atoms with van der Waals surface area (Å²) in [4.78, 5) is 27.3. The van der Waals surface area contributed by atoms with Crippen LogP contribution in [0.4, 0.5) is 16.0 Å². The molecule has 9 nitrogen and oxygen atoms in total. The van der Waals surface area contributed by atoms with Crippen molar-refractivity contribution in [2.24, 2.45) is 0 Å². The van der Waals surface area contributed by atoms with Gasteiger partial charge in [0.1, 0.15) is 30.2 Å². The third-order valence-electron chi connectivity index (χ3n) is 6.70. The smallest absolute Gasteiger partial charge is 0.326 e. The van der Waals surface area contributed by atoms with Crippen LogP contribution in [-0.2, 0) is 27.8 Å². The Morgan fingerprint density at radius 1 is 1.26 bits per heavy atom. The van der Waals surface area contributed by atoms with E-state index in [1.807, 2.05) is 25.7 Å². The van der Waals surface area contributed by atoms with Gasteiger partial charge in [-0.15, -0.1) is 0 Å². The first-order valence-corrected chi connectivity index (χ1v) is 13.6. The van der Waals surface area contributed by atoms with Crippen LogP contribution < -0.4 is 10.6 Å². The van der Waals surface area contributed by atoms with Crippen LogP contribution in [0.3, 0.4) is 0 Å². The van der Waals surface area contributed by atoms with Gasteiger partial charge in [0, 0.05) is 43.9 Å². The zero-order valence-corrected chi connectivity index (χ0v) is 23.2. The number of carboxylic acid groups (broad SMARTS) is 1. The first-order valence-electron chi connectivity index (χ1n) is 13.6. The van der Waals surface area contributed by atoms with Crippen molar-refractivity contribution in [1.82, 2.24) is 19.9 Å². The quantitative estimate of drug-likeness (QED) is 0.293. The number of hydrogen-bond acceptors (Lipinski definition) is 8. The Kier molecular flexibility index (Phi) is 11.2. The number of nitrogens with zero attached hydrogens (tertiary/aromatic N) is 4. The summed E-state index contributed by atoms with van der Waals surface area (Å²) in [6.45, 7) is 8.40. The summed E-state index contributed by atoms with van der Waals surface area (Å²) in [5.41, 5.74) is 2.97. The molecule has 3 rings (SSSR count). The summed E-state index contributed by atoms with van der Waals surface area (Å²) < 4.78 is 19.4. The molecule has 10 heteroatoms. The number of nitrogens with one attached hydrogen (secondary N) is 2. The van der Waals surface area contributed by atoms with Gasteiger partial charge in [0.25, 0.3) is 0 Å². The van der Waals surface area contributed by atoms with Gasteiger partial charge in [-0.1, -0.05) is 26.8 Å². The van der Waals surface area contributed by atoms with Crippen molar-refractivity contribution >= 4 is 17.6 Å². The van der Waals surface area contributed by atoms with E-state index in [1.54, 1.807) is 6.07 Å². The lowest BCUT2D eigenvalue weighted by molar-refractivity contribution is -0.138. The third-order valence-corrected chi connectivity index (χ3v) is 6.70. The van der Waals surface area contributed by atoms with E-state index in [4.69, 9.17) is 9.72 Å². The van der Waals surface area contributed by atoms with Crippen molar-refractivity contribution in [2.75, 3.05) is 50.5 Å². The van der Waals surface area contributed by atoms with Crippen molar-refractivity contribution in [2.45, 2.75) is 76.9 Å². The molecule has 0 spiro atoms. The lowest BCUT2D eigenvalue weighted by Gasteiger charge is -2.26. The predicted octanol–water partition coefficient (Wildman–Crippen LogP) is 4.09. The number of carboxylic acids is 1. The lowest BCUT2D eigenvalue weighted by atomic mass is 9.92. The maximum Gasteiger partial charge on any atom is 0.326 e. The molecule has 0 radical (unpaired) electrons. The number of rotatable bonds is 15. The highest BCUT2D eigenvalue weighted by atomic mass is 19.1. The summed E-state index contributed by atoms with van der Waals surface area (Å²) in [5.74, 6) is 0.501. The Balaban J connectivity index is 1.55. The zero-order valence-electron chi connectivity index (χ0n) is 23.2. The fourth-order valence-electron chi connectivity index (χ4n) is 4.55. The van der Waals surface area contributed by atoms with Gasteiger partial charge in [0.2, 0.25) is 0 Å². The number of aromatic nitrogens is 3. The standard InChI is InChI=1S/C28H43FN6O3/c1-28(2,3)24-16-25(32-19-31-24)34-23(27(36)37)12-15-35(17-21(29)18-38-4)14-6-5-9-22-11-10-20-8-7-13-30-26(20)33-22/h10-11,16,19,21,23H,5-9,12-15,17-18H2,1-4H3,(H,30,33)(H,36,37)(H,31,32,34)/t21-,23?/m0/s1. The van der Waals surface area contributed by atoms with Crippen LogP contribution in [-0.4, -0.2) is 83.0 Å². The molecule has 0 fully saturated rings. The van der Waals surface area contributed by atoms with Crippen molar-refractivity contribution in [1.29, 1.82) is 0 Å². The molecule has 2 atom stereocenters. The molecule has 0 bridgehead atoms. The normalized spacial score (nSPS) is 15.0. The van der Waals surface area contributed by atoms with Gasteiger partial charge < -0.3 is 25.4 Å². The SMILES string of the molecule is COC[C@@H](F)CN(CCCCc1ccc2c(n1)NCCC2)CCC(Nc1cc(C(C)(C)C)ncn1)C(=O)O. The first kappa shape index (κ1) is 29.7. The van der Waals surface area contributed by atoms with Crippen LogP contribution in [0.15, 0.2) is 24.5 Å². The number of pyridine rings is 1. The minimum absolute atomic E-state index is 0.0136. The first-order chi connectivity index (χ1) is 18.2. The Bertz CT molecular complexity index is 1030. The number of ether oxygens (including phenoxy) is 1. The molecule has 210 valence electrons. The van der Waals surface area contributed by atoms with E-state index in [2.05, 4.69) is 32.7 Å². The van der Waals surface area contributed by atoms with E-state index >= 15 is 0 Å². The zero-order chi connectivity index (χ0) is 27.5. The van der Waals surface area contributed by atoms with Crippen molar-refractivity contribution < 1.29 is 19.0 Å². The highest BCUT2D eigenvalue weighted by Gasteiger charge is 2.22. The Morgan fingerprint density at radius 2 is 2.08 bits per heavy atom. The highest BCUT2D eigenvalue weighted by molar-refractivity contribution is 5.76. The van der Waals surface area contributed by atoms with Gasteiger partial charge in [0.05, 0.1) is 12.3 Å². The van der Waals surface area contributed by atoms with Gasteiger partial charge >= 0.3 is 5.97 Å². The maximum absolute atomic E-state index is 14.4. The van der Waals surface area contributed by atoms with Gasteiger partial charge in [-0.2, -0.15) is 0 Å². The molecule has 0 saturated heterocycles. The number of anilines is 2. The minimum atomic E-state index is -1.14. The monoisotopic (exact) mass is 530 g/mol. The second-order valence-electron chi connectivity index (χ2n) is 11.0. The summed E-state index contributed by atoms with van der Waals surface area (Å²) >= 11 is 0. The van der Waals surface area contributed by atoms with E-state index < -0.39 is 18.2 Å². The molecule has 1 unspecified atom stereocenters. The summed E-state index contributed by atoms with van der Waals surface area (Å²) in [5, 5.41) is 16.2. The average molecular weight is 531 g/mol. The van der Waals surface area contributed by atoms with Gasteiger partial charge in [0.15, 0.2) is 0 Å². The molecular formula is C28H43FN6O3. The molecule has 1 aliphatic heterocycles. The number of hydrogen-bond donors (Lipinski definition) is 3. The van der Waals surface area contributed by atoms with E-state index in [9.17, 15) is 14.3 Å². The molecule has 0 aliphatic carbocycles. The molecule has 1 aliphatic rings. The molecular weight excluding hydrogens is 487 g/mol. The second kappa shape index (κ2) is 14.3. The van der Waals surface area contributed by atoms with Gasteiger partial charge in [-0.25, -0.2) is 24.1 Å². The second-order valence-corrected chi connectivity index (χ2v) is 11.0. The number of carbonyl (C=O) groups is 1. The Morgan fingerprint density at radius 3 is 2.82 bits per heavy atom. The van der Waals surface area contributed by atoms with Crippen molar-refractivity contribution in [3.63, 3.8) is 0 Å². The Hall–Kier alpha value is -2.85. The topological polar surface area (TPSA) is 113 Å². The number of halogens is 1. The van der Waals surface area contributed by atoms with Crippen molar-refractivity contribution in [3.8, 4) is 0 Å². The van der Waals surface area contributed by atoms with Crippen molar-refractivity contribution in [3.05, 3.63) is 41.5 Å². The Labute approximate surface area is 225 Å². The molecule has 0 saturated carbocycles. The lowest BCUT2D eigenvalue weighted by Crippen LogP contribution is -2.39. The average Bonchev–Trinajstić information content (AvgIpc) is 2.88. The predicted molar refractivity (Wildman–Crippen MR) is 148 cm³/mol. The molecule has 0 aromatic carbocycles. The molecule has 2 aromatic heterocycles. The fraction of sp³-hybridized carbons (Fsp3) is 0.643. The van der Waals surface area contributed by atoms with E-state index in [1.165, 1.54) is 19.0 Å². The molecule has 3 N–H and O–H groups in total. The van der Waals surface area contributed by atoms with Gasteiger partial charge in [-0.05, 0) is 56.7 Å². The molecule has 38 heavy (non-hydrogen) atoms. The maximum atomic E-state index is 14.4. The fourth-order valence-corrected chi connectivity index (χ4v) is 4.55. The van der Waals surface area contributed by atoms with E-state index in [0.29, 0.717) is 25.3 Å². The molecule has 2 aromatic rings. The van der Waals surface area contributed by atoms with Crippen LogP contribution in [0, 0.1) is 0 Å². The van der Waals surface area contributed by atoms with Gasteiger partial charge in [-0.3, -0.25) is 0 Å². The number of fused-ring (bicyclic) bond motifs is 1. The number of unbranched alkanes of at least 4 members (excludes halogenated alkanes) is 1. The summed E-state index contributed by atoms with van der Waals surface area (Å²) in [6.07, 6.45) is 5.44. The largest absolute Gasteiger partial charge is 0.480 e. The third kappa shape index (κ3) is 9.47. The summed E-state index contributed by atoms with van der Waals surface area (Å²) in [6, 6.07) is 5.19. The van der Waals surface area contributed by atoms with Crippen LogP contribution in [0.2, 0.25) is 0 Å². The molecule has 3 heterocycles. The summed E-state index contributed by atoms with van der Waals surface area (Å²) in [7, 11) is 1.48. The van der Waals surface area contributed by atoms with Crippen LogP contribution in [0.25, 0.3) is 0 Å².